The van der Waals surface area contributed by atoms with Gasteiger partial charge < -0.3 is 14.8 Å². The standard InChI is InChI=1S/C9H9FO3.C4H9N/c1-12-8-3-6(5-11)7(10)4-9(8)13-2;1-2-4-5-3-1/h3-5H,1-2H3;5H,1-4H2. The molecule has 0 spiro atoms. The average molecular weight is 255 g/mol. The topological polar surface area (TPSA) is 47.6 Å². The Morgan fingerprint density at radius 3 is 2.11 bits per heavy atom. The first-order valence-electron chi connectivity index (χ1n) is 5.80. The van der Waals surface area contributed by atoms with Gasteiger partial charge in [-0.05, 0) is 32.0 Å². The Labute approximate surface area is 106 Å². The Balaban J connectivity index is 0.000000269. The van der Waals surface area contributed by atoms with Gasteiger partial charge in [0.15, 0.2) is 17.8 Å². The first-order valence-corrected chi connectivity index (χ1v) is 5.80. The van der Waals surface area contributed by atoms with Crippen LogP contribution in [0.3, 0.4) is 0 Å². The fourth-order valence-corrected chi connectivity index (χ4v) is 1.59. The molecule has 0 bridgehead atoms. The fourth-order valence-electron chi connectivity index (χ4n) is 1.59. The van der Waals surface area contributed by atoms with Crippen LogP contribution in [0.25, 0.3) is 0 Å². The second-order valence-corrected chi connectivity index (χ2v) is 3.80. The molecule has 5 heteroatoms. The van der Waals surface area contributed by atoms with E-state index in [9.17, 15) is 9.18 Å². The van der Waals surface area contributed by atoms with E-state index in [2.05, 4.69) is 5.32 Å². The maximum absolute atomic E-state index is 13.0. The Kier molecular flexibility index (Phi) is 6.14. The molecule has 100 valence electrons. The lowest BCUT2D eigenvalue weighted by Crippen LogP contribution is -2.03. The first kappa shape index (κ1) is 14.4. The molecule has 1 aromatic carbocycles. The molecule has 0 aliphatic carbocycles. The summed E-state index contributed by atoms with van der Waals surface area (Å²) in [5.41, 5.74) is -0.0438. The molecule has 1 aliphatic rings. The number of carbonyl (C=O) groups is 1. The molecule has 0 aromatic heterocycles. The van der Waals surface area contributed by atoms with E-state index in [-0.39, 0.29) is 11.3 Å². The molecule has 1 aliphatic heterocycles. The van der Waals surface area contributed by atoms with Crippen molar-refractivity contribution in [2.45, 2.75) is 12.8 Å². The number of nitrogens with one attached hydrogen (secondary N) is 1. The number of hydrogen-bond donors (Lipinski definition) is 1. The van der Waals surface area contributed by atoms with Gasteiger partial charge in [-0.3, -0.25) is 4.79 Å². The van der Waals surface area contributed by atoms with Crippen molar-refractivity contribution in [2.24, 2.45) is 0 Å². The molecular weight excluding hydrogens is 237 g/mol. The minimum Gasteiger partial charge on any atom is -0.493 e. The highest BCUT2D eigenvalue weighted by molar-refractivity contribution is 5.76. The SMILES string of the molecule is C1CCNC1.COc1cc(F)c(C=O)cc1OC. The van der Waals surface area contributed by atoms with Crippen LogP contribution in [0.2, 0.25) is 0 Å². The number of benzene rings is 1. The van der Waals surface area contributed by atoms with Gasteiger partial charge in [-0.15, -0.1) is 0 Å². The first-order chi connectivity index (χ1) is 8.72. The van der Waals surface area contributed by atoms with Crippen LogP contribution in [-0.4, -0.2) is 33.6 Å². The number of rotatable bonds is 3. The zero-order valence-corrected chi connectivity index (χ0v) is 10.7. The Hall–Kier alpha value is -1.62. The fraction of sp³-hybridized carbons (Fsp3) is 0.462. The van der Waals surface area contributed by atoms with Crippen molar-refractivity contribution >= 4 is 6.29 Å². The minimum atomic E-state index is -0.618. The van der Waals surface area contributed by atoms with E-state index < -0.39 is 5.82 Å². The molecule has 1 heterocycles. The maximum atomic E-state index is 13.0. The quantitative estimate of drug-likeness (QED) is 0.839. The second kappa shape index (κ2) is 7.66. The predicted octanol–water partition coefficient (Wildman–Crippen LogP) is 2.03. The van der Waals surface area contributed by atoms with Gasteiger partial charge >= 0.3 is 0 Å². The summed E-state index contributed by atoms with van der Waals surface area (Å²) in [6, 6.07) is 2.41. The smallest absolute Gasteiger partial charge is 0.163 e. The summed E-state index contributed by atoms with van der Waals surface area (Å²) in [4.78, 5) is 10.4. The van der Waals surface area contributed by atoms with Crippen LogP contribution in [0.5, 0.6) is 11.5 Å². The zero-order valence-electron chi connectivity index (χ0n) is 10.7. The van der Waals surface area contributed by atoms with Crippen molar-refractivity contribution in [2.75, 3.05) is 27.3 Å². The van der Waals surface area contributed by atoms with Gasteiger partial charge in [0.05, 0.1) is 19.8 Å². The van der Waals surface area contributed by atoms with Crippen molar-refractivity contribution < 1.29 is 18.7 Å². The van der Waals surface area contributed by atoms with E-state index in [1.165, 1.54) is 46.2 Å². The average Bonchev–Trinajstić information content (AvgIpc) is 2.97. The summed E-state index contributed by atoms with van der Waals surface area (Å²) >= 11 is 0. The van der Waals surface area contributed by atoms with E-state index in [4.69, 9.17) is 9.47 Å². The number of ether oxygens (including phenoxy) is 2. The molecule has 4 nitrogen and oxygen atoms in total. The van der Waals surface area contributed by atoms with Crippen molar-refractivity contribution in [1.29, 1.82) is 0 Å². The van der Waals surface area contributed by atoms with Gasteiger partial charge in [0.2, 0.25) is 0 Å². The summed E-state index contributed by atoms with van der Waals surface area (Å²) in [6.45, 7) is 2.50. The normalized spacial score (nSPS) is 13.5. The molecule has 1 aromatic rings. The number of aldehydes is 1. The van der Waals surface area contributed by atoms with Crippen LogP contribution in [-0.2, 0) is 0 Å². The zero-order chi connectivity index (χ0) is 13.4. The highest BCUT2D eigenvalue weighted by atomic mass is 19.1. The third-order valence-corrected chi connectivity index (χ3v) is 2.59. The van der Waals surface area contributed by atoms with Crippen molar-refractivity contribution in [3.05, 3.63) is 23.5 Å². The minimum absolute atomic E-state index is 0.0438. The van der Waals surface area contributed by atoms with Gasteiger partial charge in [-0.2, -0.15) is 0 Å². The van der Waals surface area contributed by atoms with Crippen LogP contribution in [0.15, 0.2) is 12.1 Å². The summed E-state index contributed by atoms with van der Waals surface area (Å²) in [7, 11) is 2.82. The molecule has 1 N–H and O–H groups in total. The lowest BCUT2D eigenvalue weighted by molar-refractivity contribution is 0.111. The van der Waals surface area contributed by atoms with Crippen molar-refractivity contribution in [3.8, 4) is 11.5 Å². The Morgan fingerprint density at radius 1 is 1.17 bits per heavy atom. The van der Waals surface area contributed by atoms with Crippen LogP contribution >= 0.6 is 0 Å². The molecule has 1 fully saturated rings. The Morgan fingerprint density at radius 2 is 1.72 bits per heavy atom. The van der Waals surface area contributed by atoms with Crippen molar-refractivity contribution in [3.63, 3.8) is 0 Å². The third kappa shape index (κ3) is 4.00. The molecule has 1 saturated heterocycles. The van der Waals surface area contributed by atoms with Gasteiger partial charge in [0, 0.05) is 6.07 Å². The molecule has 18 heavy (non-hydrogen) atoms. The van der Waals surface area contributed by atoms with Crippen LogP contribution < -0.4 is 14.8 Å². The maximum Gasteiger partial charge on any atom is 0.163 e. The molecule has 0 saturated carbocycles. The number of hydrogen-bond acceptors (Lipinski definition) is 4. The van der Waals surface area contributed by atoms with E-state index >= 15 is 0 Å². The molecular formula is C13H18FNO3. The van der Waals surface area contributed by atoms with E-state index in [1.807, 2.05) is 0 Å². The van der Waals surface area contributed by atoms with E-state index in [1.54, 1.807) is 0 Å². The van der Waals surface area contributed by atoms with Crippen LogP contribution in [0.1, 0.15) is 23.2 Å². The van der Waals surface area contributed by atoms with Gasteiger partial charge in [0.25, 0.3) is 0 Å². The van der Waals surface area contributed by atoms with E-state index in [0.717, 1.165) is 6.07 Å². The predicted molar refractivity (Wildman–Crippen MR) is 67.0 cm³/mol. The monoisotopic (exact) mass is 255 g/mol. The van der Waals surface area contributed by atoms with Gasteiger partial charge in [0.1, 0.15) is 5.82 Å². The molecule has 0 amide bonds. The summed E-state index contributed by atoms with van der Waals surface area (Å²) < 4.78 is 22.7. The van der Waals surface area contributed by atoms with Gasteiger partial charge in [-0.1, -0.05) is 0 Å². The summed E-state index contributed by atoms with van der Waals surface area (Å²) in [5.74, 6) is -0.00995. The third-order valence-electron chi connectivity index (χ3n) is 2.59. The van der Waals surface area contributed by atoms with Crippen LogP contribution in [0.4, 0.5) is 4.39 Å². The second-order valence-electron chi connectivity index (χ2n) is 3.80. The van der Waals surface area contributed by atoms with E-state index in [0.29, 0.717) is 12.0 Å². The largest absolute Gasteiger partial charge is 0.493 e. The number of methoxy groups -OCH3 is 2. The van der Waals surface area contributed by atoms with Gasteiger partial charge in [-0.25, -0.2) is 4.39 Å². The Bertz CT molecular complexity index is 384. The highest BCUT2D eigenvalue weighted by Crippen LogP contribution is 2.28. The molecule has 0 atom stereocenters. The number of carbonyl (C=O) groups excluding carboxylic acids is 1. The van der Waals surface area contributed by atoms with Crippen LogP contribution in [0, 0.1) is 5.82 Å². The number of halogens is 1. The van der Waals surface area contributed by atoms with Crippen molar-refractivity contribution in [1.82, 2.24) is 5.32 Å². The molecule has 0 radical (unpaired) electrons. The lowest BCUT2D eigenvalue weighted by atomic mass is 10.2. The molecule has 0 unspecified atom stereocenters. The molecule has 2 rings (SSSR count). The summed E-state index contributed by atoms with van der Waals surface area (Å²) in [5, 5.41) is 3.22. The summed E-state index contributed by atoms with van der Waals surface area (Å²) in [6.07, 6.45) is 3.21. The highest BCUT2D eigenvalue weighted by Gasteiger charge is 2.09. The lowest BCUT2D eigenvalue weighted by Gasteiger charge is -2.07.